The molecule has 8 heteroatoms. The Morgan fingerprint density at radius 3 is 2.09 bits per heavy atom. The van der Waals surface area contributed by atoms with Gasteiger partial charge in [-0.1, -0.05) is 77.8 Å². The summed E-state index contributed by atoms with van der Waals surface area (Å²) in [4.78, 5) is 24.0. The Labute approximate surface area is 208 Å². The number of alkyl carbamates (subject to hydrolysis) is 1. The molecule has 0 aliphatic carbocycles. The van der Waals surface area contributed by atoms with Crippen LogP contribution in [0.25, 0.3) is 11.1 Å². The quantitative estimate of drug-likeness (QED) is 0.391. The normalized spacial score (nSPS) is 13.6. The summed E-state index contributed by atoms with van der Waals surface area (Å²) in [5.41, 5.74) is 3.29. The smallest absolute Gasteiger partial charge is 0.407 e. The fraction of sp³-hybridized carbons (Fsp3) is 0.231. The van der Waals surface area contributed by atoms with Crippen LogP contribution in [0.5, 0.6) is 0 Å². The van der Waals surface area contributed by atoms with Crippen molar-refractivity contribution in [1.29, 1.82) is 0 Å². The first-order valence-electron chi connectivity index (χ1n) is 10.6. The van der Waals surface area contributed by atoms with Crippen molar-refractivity contribution in [2.45, 2.75) is 38.2 Å². The van der Waals surface area contributed by atoms with Crippen molar-refractivity contribution < 1.29 is 24.5 Å². The highest BCUT2D eigenvalue weighted by Crippen LogP contribution is 2.27. The van der Waals surface area contributed by atoms with Crippen molar-refractivity contribution in [3.8, 4) is 11.1 Å². The SMILES string of the molecule is CC(=O)[C@H](O)[C@H](O)[C@@H](Cc1ccc(-c2cc(Cl)cc(Cl)c2)cc1)NC(=O)OCc1ccccc1. The second-order valence-electron chi connectivity index (χ2n) is 7.92. The third kappa shape index (κ3) is 7.30. The van der Waals surface area contributed by atoms with E-state index >= 15 is 0 Å². The number of rotatable bonds is 9. The molecule has 0 radical (unpaired) electrons. The van der Waals surface area contributed by atoms with Crippen LogP contribution in [0.1, 0.15) is 18.1 Å². The van der Waals surface area contributed by atoms with Gasteiger partial charge in [0.05, 0.1) is 6.04 Å². The minimum absolute atomic E-state index is 0.0433. The Morgan fingerprint density at radius 2 is 1.50 bits per heavy atom. The lowest BCUT2D eigenvalue weighted by Crippen LogP contribution is -2.51. The fourth-order valence-corrected chi connectivity index (χ4v) is 3.97. The van der Waals surface area contributed by atoms with Crippen LogP contribution in [0.3, 0.4) is 0 Å². The second-order valence-corrected chi connectivity index (χ2v) is 8.79. The van der Waals surface area contributed by atoms with Crippen molar-refractivity contribution in [2.24, 2.45) is 0 Å². The van der Waals surface area contributed by atoms with E-state index in [9.17, 15) is 19.8 Å². The first kappa shape index (κ1) is 25.7. The molecule has 3 rings (SSSR count). The molecule has 0 spiro atoms. The third-order valence-corrected chi connectivity index (χ3v) is 5.71. The minimum atomic E-state index is -1.65. The summed E-state index contributed by atoms with van der Waals surface area (Å²) in [5, 5.41) is 24.3. The highest BCUT2D eigenvalue weighted by Gasteiger charge is 2.31. The van der Waals surface area contributed by atoms with Crippen LogP contribution in [0.4, 0.5) is 4.79 Å². The van der Waals surface area contributed by atoms with E-state index in [1.54, 1.807) is 18.2 Å². The van der Waals surface area contributed by atoms with Crippen LogP contribution in [-0.4, -0.2) is 40.3 Å². The number of benzene rings is 3. The number of ether oxygens (including phenoxy) is 1. The van der Waals surface area contributed by atoms with Gasteiger partial charge in [0.15, 0.2) is 5.78 Å². The molecule has 0 saturated carbocycles. The number of nitrogens with one attached hydrogen (secondary N) is 1. The van der Waals surface area contributed by atoms with Crippen LogP contribution < -0.4 is 5.32 Å². The Bertz CT molecular complexity index is 1100. The summed E-state index contributed by atoms with van der Waals surface area (Å²) < 4.78 is 5.23. The van der Waals surface area contributed by atoms with E-state index in [0.29, 0.717) is 10.0 Å². The van der Waals surface area contributed by atoms with Gasteiger partial charge in [-0.3, -0.25) is 4.79 Å². The van der Waals surface area contributed by atoms with Crippen LogP contribution in [-0.2, 0) is 22.6 Å². The van der Waals surface area contributed by atoms with E-state index in [1.165, 1.54) is 6.92 Å². The van der Waals surface area contributed by atoms with Crippen LogP contribution in [0, 0.1) is 0 Å². The molecule has 3 aromatic carbocycles. The Balaban J connectivity index is 1.72. The van der Waals surface area contributed by atoms with Crippen molar-refractivity contribution in [3.63, 3.8) is 0 Å². The fourth-order valence-electron chi connectivity index (χ4n) is 3.44. The second kappa shape index (κ2) is 12.0. The molecule has 0 bridgehead atoms. The van der Waals surface area contributed by atoms with E-state index in [-0.39, 0.29) is 13.0 Å². The molecule has 0 saturated heterocycles. The number of aliphatic hydroxyl groups is 2. The van der Waals surface area contributed by atoms with E-state index in [2.05, 4.69) is 5.32 Å². The number of aliphatic hydroxyl groups excluding tert-OH is 2. The minimum Gasteiger partial charge on any atom is -0.445 e. The molecule has 6 nitrogen and oxygen atoms in total. The molecular formula is C26H25Cl2NO5. The first-order chi connectivity index (χ1) is 16.2. The highest BCUT2D eigenvalue weighted by molar-refractivity contribution is 6.35. The largest absolute Gasteiger partial charge is 0.445 e. The molecule has 3 aromatic rings. The van der Waals surface area contributed by atoms with Gasteiger partial charge in [0.2, 0.25) is 0 Å². The summed E-state index contributed by atoms with van der Waals surface area (Å²) >= 11 is 12.2. The molecule has 178 valence electrons. The van der Waals surface area contributed by atoms with Gasteiger partial charge in [0.1, 0.15) is 18.8 Å². The molecule has 0 aliphatic heterocycles. The molecule has 0 aromatic heterocycles. The number of ketones is 1. The van der Waals surface area contributed by atoms with Crippen LogP contribution in [0.15, 0.2) is 72.8 Å². The lowest BCUT2D eigenvalue weighted by Gasteiger charge is -2.26. The van der Waals surface area contributed by atoms with Gasteiger partial charge >= 0.3 is 6.09 Å². The molecule has 1 amide bonds. The lowest BCUT2D eigenvalue weighted by atomic mass is 9.95. The van der Waals surface area contributed by atoms with E-state index in [0.717, 1.165) is 22.3 Å². The van der Waals surface area contributed by atoms with Crippen molar-refractivity contribution in [2.75, 3.05) is 0 Å². The molecule has 34 heavy (non-hydrogen) atoms. The zero-order chi connectivity index (χ0) is 24.7. The van der Waals surface area contributed by atoms with Gasteiger partial charge < -0.3 is 20.3 Å². The molecule has 0 aliphatic rings. The monoisotopic (exact) mass is 501 g/mol. The maximum absolute atomic E-state index is 12.4. The zero-order valence-corrected chi connectivity index (χ0v) is 20.0. The molecule has 0 fully saturated rings. The molecule has 3 atom stereocenters. The zero-order valence-electron chi connectivity index (χ0n) is 18.4. The number of halogens is 2. The van der Waals surface area contributed by atoms with E-state index < -0.39 is 30.1 Å². The van der Waals surface area contributed by atoms with Crippen LogP contribution in [0.2, 0.25) is 10.0 Å². The summed E-state index contributed by atoms with van der Waals surface area (Å²) in [7, 11) is 0. The Morgan fingerprint density at radius 1 is 0.882 bits per heavy atom. The van der Waals surface area contributed by atoms with Gasteiger partial charge in [-0.05, 0) is 53.8 Å². The first-order valence-corrected chi connectivity index (χ1v) is 11.4. The van der Waals surface area contributed by atoms with E-state index in [4.69, 9.17) is 27.9 Å². The summed E-state index contributed by atoms with van der Waals surface area (Å²) in [5.74, 6) is -0.606. The number of hydrogen-bond acceptors (Lipinski definition) is 5. The molecule has 3 N–H and O–H groups in total. The predicted octanol–water partition coefficient (Wildman–Crippen LogP) is 4.81. The Hall–Kier alpha value is -2.90. The molecular weight excluding hydrogens is 477 g/mol. The summed E-state index contributed by atoms with van der Waals surface area (Å²) in [6, 6.07) is 20.8. The van der Waals surface area contributed by atoms with Gasteiger partial charge in [-0.15, -0.1) is 0 Å². The predicted molar refractivity (Wildman–Crippen MR) is 132 cm³/mol. The number of carbonyl (C=O) groups excluding carboxylic acids is 2. The van der Waals surface area contributed by atoms with Gasteiger partial charge in [0, 0.05) is 10.0 Å². The van der Waals surface area contributed by atoms with Crippen molar-refractivity contribution >= 4 is 35.1 Å². The maximum Gasteiger partial charge on any atom is 0.407 e. The van der Waals surface area contributed by atoms with Crippen LogP contribution >= 0.6 is 23.2 Å². The number of hydrogen-bond donors (Lipinski definition) is 3. The molecule has 0 unspecified atom stereocenters. The van der Waals surface area contributed by atoms with Gasteiger partial charge in [-0.25, -0.2) is 4.79 Å². The topological polar surface area (TPSA) is 95.9 Å². The summed E-state index contributed by atoms with van der Waals surface area (Å²) in [6.45, 7) is 1.21. The van der Waals surface area contributed by atoms with Crippen molar-refractivity contribution in [3.05, 3.63) is 94.0 Å². The van der Waals surface area contributed by atoms with Gasteiger partial charge in [0.25, 0.3) is 0 Å². The number of carbonyl (C=O) groups is 2. The maximum atomic E-state index is 12.4. The van der Waals surface area contributed by atoms with Crippen molar-refractivity contribution in [1.82, 2.24) is 5.32 Å². The average Bonchev–Trinajstić information content (AvgIpc) is 2.82. The third-order valence-electron chi connectivity index (χ3n) is 5.27. The van der Waals surface area contributed by atoms with Gasteiger partial charge in [-0.2, -0.15) is 0 Å². The highest BCUT2D eigenvalue weighted by atomic mass is 35.5. The Kier molecular flexibility index (Phi) is 9.07. The van der Waals surface area contributed by atoms with E-state index in [1.807, 2.05) is 54.6 Å². The number of amides is 1. The molecule has 0 heterocycles. The standard InChI is InChI=1S/C26H25Cl2NO5/c1-16(30)24(31)25(32)23(29-26(33)34-15-18-5-3-2-4-6-18)11-17-7-9-19(10-8-17)20-12-21(27)14-22(28)13-20/h2-10,12-14,23-25,31-32H,11,15H2,1H3,(H,29,33)/t23-,24+,25-/m1/s1. The average molecular weight is 502 g/mol. The summed E-state index contributed by atoms with van der Waals surface area (Å²) in [6.07, 6.45) is -3.78. The lowest BCUT2D eigenvalue weighted by molar-refractivity contribution is -0.131. The number of Topliss-reactive ketones (excluding diaryl/α,β-unsaturated/α-hetero) is 1.